The maximum Gasteiger partial charge on any atom is 0.283 e. The number of aliphatic imine (C=N–C) groups is 1. The number of aromatic nitrogens is 1. The second-order valence-corrected chi connectivity index (χ2v) is 9.41. The zero-order valence-corrected chi connectivity index (χ0v) is 20.1. The first-order chi connectivity index (χ1) is 15.3. The van der Waals surface area contributed by atoms with Gasteiger partial charge >= 0.3 is 0 Å². The van der Waals surface area contributed by atoms with Crippen LogP contribution in [0.3, 0.4) is 0 Å². The monoisotopic (exact) mass is 447 g/mol. The molecule has 1 N–H and O–H groups in total. The van der Waals surface area contributed by atoms with Crippen molar-refractivity contribution in [2.75, 3.05) is 0 Å². The number of nitrogens with zero attached hydrogens (tertiary/aromatic N) is 4. The molecule has 1 aromatic heterocycles. The predicted octanol–water partition coefficient (Wildman–Crippen LogP) is 5.91. The number of carbonyl (C=O) groups excluding carboxylic acids is 1. The van der Waals surface area contributed by atoms with Crippen LogP contribution in [-0.4, -0.2) is 31.5 Å². The smallest absolute Gasteiger partial charge is 0.283 e. The summed E-state index contributed by atoms with van der Waals surface area (Å²) in [5.74, 6) is -0.287. The first kappa shape index (κ1) is 22.3. The molecule has 2 aromatic rings. The lowest BCUT2D eigenvalue weighted by Crippen LogP contribution is -2.35. The molecule has 2 aliphatic rings. The highest BCUT2D eigenvalue weighted by Crippen LogP contribution is 2.32. The van der Waals surface area contributed by atoms with Crippen molar-refractivity contribution in [1.82, 2.24) is 9.58 Å². The quantitative estimate of drug-likeness (QED) is 0.442. The number of nitrogens with one attached hydrogen (secondary N) is 1. The summed E-state index contributed by atoms with van der Waals surface area (Å²) in [6.07, 6.45) is 5.98. The Kier molecular flexibility index (Phi) is 6.20. The van der Waals surface area contributed by atoms with Gasteiger partial charge in [0.25, 0.3) is 5.91 Å². The summed E-state index contributed by atoms with van der Waals surface area (Å²) in [7, 11) is 0. The number of fused-ring (bicyclic) bond motifs is 1. The number of hydrogen-bond donors (Lipinski definition) is 1. The van der Waals surface area contributed by atoms with Crippen molar-refractivity contribution in [3.63, 3.8) is 0 Å². The van der Waals surface area contributed by atoms with E-state index in [2.05, 4.69) is 66.6 Å². The summed E-state index contributed by atoms with van der Waals surface area (Å²) in [5.41, 5.74) is 6.85. The highest BCUT2D eigenvalue weighted by atomic mass is 32.2. The minimum absolute atomic E-state index is 0.0925. The van der Waals surface area contributed by atoms with E-state index >= 15 is 0 Å². The van der Waals surface area contributed by atoms with E-state index in [9.17, 15) is 4.79 Å². The van der Waals surface area contributed by atoms with Crippen LogP contribution in [0.4, 0.5) is 0 Å². The molecule has 32 heavy (non-hydrogen) atoms. The maximum atomic E-state index is 12.8. The van der Waals surface area contributed by atoms with Gasteiger partial charge in [-0.15, -0.1) is 0 Å². The van der Waals surface area contributed by atoms with E-state index < -0.39 is 0 Å². The summed E-state index contributed by atoms with van der Waals surface area (Å²) in [4.78, 5) is 17.0. The number of unbranched alkanes of at least 4 members (excludes halogenated alkanes) is 2. The van der Waals surface area contributed by atoms with Crippen molar-refractivity contribution in [1.29, 1.82) is 5.41 Å². The van der Waals surface area contributed by atoms with E-state index in [-0.39, 0.29) is 17.3 Å². The largest absolute Gasteiger partial charge is 0.317 e. The summed E-state index contributed by atoms with van der Waals surface area (Å²) in [6.45, 7) is 10.5. The summed E-state index contributed by atoms with van der Waals surface area (Å²) >= 11 is 1.40. The summed E-state index contributed by atoms with van der Waals surface area (Å²) < 4.78 is 2.22. The molecule has 0 bridgehead atoms. The molecule has 7 heteroatoms. The van der Waals surface area contributed by atoms with Crippen LogP contribution in [0.1, 0.15) is 60.7 Å². The van der Waals surface area contributed by atoms with Crippen LogP contribution < -0.4 is 0 Å². The SMILES string of the molecule is CCCCCC1=NN2C(=N)/C(=C/c3cc(C)n(-c4c(C)cccc4C)c3C)C(=O)N=C2S1. The van der Waals surface area contributed by atoms with Crippen LogP contribution in [0.2, 0.25) is 0 Å². The first-order valence-corrected chi connectivity index (χ1v) is 11.9. The third kappa shape index (κ3) is 3.97. The Labute approximate surface area is 193 Å². The fraction of sp³-hybridized carbons (Fsp3) is 0.360. The molecule has 0 unspecified atom stereocenters. The second-order valence-electron chi connectivity index (χ2n) is 8.37. The predicted molar refractivity (Wildman–Crippen MR) is 134 cm³/mol. The fourth-order valence-corrected chi connectivity index (χ4v) is 5.18. The van der Waals surface area contributed by atoms with Gasteiger partial charge < -0.3 is 4.57 Å². The Balaban J connectivity index is 1.68. The van der Waals surface area contributed by atoms with Gasteiger partial charge in [-0.3, -0.25) is 10.2 Å². The summed E-state index contributed by atoms with van der Waals surface area (Å²) in [6, 6.07) is 8.34. The van der Waals surface area contributed by atoms with Crippen LogP contribution in [0.15, 0.2) is 39.9 Å². The van der Waals surface area contributed by atoms with Gasteiger partial charge in [-0.2, -0.15) is 15.1 Å². The van der Waals surface area contributed by atoms with Crippen LogP contribution in [-0.2, 0) is 4.79 Å². The van der Waals surface area contributed by atoms with Gasteiger partial charge in [0, 0.05) is 11.4 Å². The van der Waals surface area contributed by atoms with Crippen molar-refractivity contribution in [2.24, 2.45) is 10.1 Å². The van der Waals surface area contributed by atoms with Gasteiger partial charge in [-0.1, -0.05) is 38.0 Å². The number of rotatable bonds is 6. The zero-order valence-electron chi connectivity index (χ0n) is 19.3. The highest BCUT2D eigenvalue weighted by Gasteiger charge is 2.35. The van der Waals surface area contributed by atoms with Gasteiger partial charge in [-0.05, 0) is 81.1 Å². The molecular weight excluding hydrogens is 418 g/mol. The van der Waals surface area contributed by atoms with Crippen molar-refractivity contribution in [3.05, 3.63) is 57.9 Å². The molecular formula is C25H29N5OS. The molecule has 0 spiro atoms. The summed E-state index contributed by atoms with van der Waals surface area (Å²) in [5, 5.41) is 16.1. The molecule has 0 atom stereocenters. The van der Waals surface area contributed by atoms with E-state index in [0.717, 1.165) is 53.4 Å². The Morgan fingerprint density at radius 3 is 2.53 bits per heavy atom. The number of carbonyl (C=O) groups is 1. The molecule has 0 saturated heterocycles. The Morgan fingerprint density at radius 2 is 1.84 bits per heavy atom. The lowest BCUT2D eigenvalue weighted by Gasteiger charge is -2.20. The molecule has 0 saturated carbocycles. The van der Waals surface area contributed by atoms with E-state index in [0.29, 0.717) is 5.17 Å². The Bertz CT molecular complexity index is 1180. The van der Waals surface area contributed by atoms with E-state index in [1.165, 1.54) is 27.9 Å². The molecule has 2 aliphatic heterocycles. The van der Waals surface area contributed by atoms with Crippen LogP contribution >= 0.6 is 11.8 Å². The van der Waals surface area contributed by atoms with Gasteiger partial charge in [0.1, 0.15) is 5.04 Å². The Morgan fingerprint density at radius 1 is 1.12 bits per heavy atom. The van der Waals surface area contributed by atoms with Crippen molar-refractivity contribution in [2.45, 2.75) is 60.3 Å². The van der Waals surface area contributed by atoms with Gasteiger partial charge in [0.05, 0.1) is 11.3 Å². The average Bonchev–Trinajstić information content (AvgIpc) is 3.26. The van der Waals surface area contributed by atoms with Crippen molar-refractivity contribution in [3.8, 4) is 5.69 Å². The second kappa shape index (κ2) is 8.90. The number of benzene rings is 1. The first-order valence-electron chi connectivity index (χ1n) is 11.1. The molecule has 0 aliphatic carbocycles. The number of amidine groups is 2. The minimum Gasteiger partial charge on any atom is -0.317 e. The molecule has 4 rings (SSSR count). The van der Waals surface area contributed by atoms with E-state index in [4.69, 9.17) is 5.41 Å². The van der Waals surface area contributed by atoms with Crippen LogP contribution in [0, 0.1) is 33.1 Å². The third-order valence-corrected chi connectivity index (χ3v) is 6.89. The number of amides is 1. The number of para-hydroxylation sites is 1. The van der Waals surface area contributed by atoms with E-state index in [1.54, 1.807) is 6.08 Å². The normalized spacial score (nSPS) is 17.2. The van der Waals surface area contributed by atoms with Crippen molar-refractivity contribution >= 4 is 39.8 Å². The van der Waals surface area contributed by atoms with Gasteiger partial charge in [0.2, 0.25) is 5.17 Å². The van der Waals surface area contributed by atoms with Crippen LogP contribution in [0.25, 0.3) is 11.8 Å². The zero-order chi connectivity index (χ0) is 23.0. The molecule has 6 nitrogen and oxygen atoms in total. The number of thioether (sulfide) groups is 1. The van der Waals surface area contributed by atoms with Gasteiger partial charge in [-0.25, -0.2) is 0 Å². The minimum atomic E-state index is -0.379. The number of hydrogen-bond acceptors (Lipinski definition) is 4. The maximum absolute atomic E-state index is 12.8. The fourth-order valence-electron chi connectivity index (χ4n) is 4.25. The molecule has 1 aromatic carbocycles. The number of hydrazone groups is 1. The highest BCUT2D eigenvalue weighted by molar-refractivity contribution is 8.26. The Hall–Kier alpha value is -2.93. The van der Waals surface area contributed by atoms with Crippen LogP contribution in [0.5, 0.6) is 0 Å². The molecule has 0 fully saturated rings. The third-order valence-electron chi connectivity index (χ3n) is 5.92. The lowest BCUT2D eigenvalue weighted by atomic mass is 10.1. The van der Waals surface area contributed by atoms with Gasteiger partial charge in [0.15, 0.2) is 5.84 Å². The lowest BCUT2D eigenvalue weighted by molar-refractivity contribution is -0.114. The molecule has 1 amide bonds. The molecule has 3 heterocycles. The molecule has 166 valence electrons. The molecule has 0 radical (unpaired) electrons. The topological polar surface area (TPSA) is 73.8 Å². The van der Waals surface area contributed by atoms with E-state index in [1.807, 2.05) is 6.92 Å². The standard InChI is InChI=1S/C25H29N5OS/c1-6-7-8-12-21-28-30-23(26)20(24(31)27-25(30)32-21)14-19-13-17(4)29(18(19)5)22-15(2)10-9-11-16(22)3/h9-11,13-14,26H,6-8,12H2,1-5H3/b20-14-,26-23?. The van der Waals surface area contributed by atoms with Crippen molar-refractivity contribution < 1.29 is 4.79 Å². The number of aryl methyl sites for hydroxylation is 3. The average molecular weight is 448 g/mol.